The lowest BCUT2D eigenvalue weighted by Gasteiger charge is -2.22. The molecule has 0 unspecified atom stereocenters. The summed E-state index contributed by atoms with van der Waals surface area (Å²) in [4.78, 5) is 0.189. The van der Waals surface area contributed by atoms with Crippen LogP contribution in [0.3, 0.4) is 0 Å². The maximum absolute atomic E-state index is 14.5. The predicted octanol–water partition coefficient (Wildman–Crippen LogP) is 4.55. The minimum absolute atomic E-state index is 0.105. The topological polar surface area (TPSA) is 65.1 Å². The molecule has 3 aromatic rings. The van der Waals surface area contributed by atoms with E-state index < -0.39 is 10.0 Å². The second kappa shape index (κ2) is 7.09. The monoisotopic (exact) mass is 388 g/mol. The van der Waals surface area contributed by atoms with Crippen LogP contribution in [0.2, 0.25) is 0 Å². The molecule has 0 radical (unpaired) electrons. The van der Waals surface area contributed by atoms with Crippen molar-refractivity contribution in [3.8, 4) is 0 Å². The summed E-state index contributed by atoms with van der Waals surface area (Å²) in [6, 6.07) is 8.76. The summed E-state index contributed by atoms with van der Waals surface area (Å²) in [5, 5.41) is 6.39. The van der Waals surface area contributed by atoms with Gasteiger partial charge < -0.3 is 4.57 Å². The van der Waals surface area contributed by atoms with E-state index in [0.717, 1.165) is 16.5 Å². The number of nitrogens with two attached hydrogens (primary N) is 1. The Labute approximate surface area is 159 Å². The minimum atomic E-state index is -3.86. The standard InChI is InChI=1S/C21H25FN2O2S/c1-5-16(18-10-13(2)9-14(3)21(18)27(23,25)26)12-24-11-15(4)17-7-6-8-19(22)20(17)24/h6-11,16H,5,12H2,1-4H3,(H2,23,25,26)/t16-/m1/s1. The van der Waals surface area contributed by atoms with Crippen molar-refractivity contribution < 1.29 is 12.8 Å². The van der Waals surface area contributed by atoms with E-state index in [1.807, 2.05) is 49.7 Å². The van der Waals surface area contributed by atoms with Crippen LogP contribution in [-0.2, 0) is 16.6 Å². The number of para-hydroxylation sites is 1. The first-order chi connectivity index (χ1) is 12.6. The fourth-order valence-corrected chi connectivity index (χ4v) is 5.06. The molecule has 0 amide bonds. The van der Waals surface area contributed by atoms with Gasteiger partial charge in [-0.25, -0.2) is 17.9 Å². The molecule has 1 atom stereocenters. The van der Waals surface area contributed by atoms with Gasteiger partial charge >= 0.3 is 0 Å². The third-order valence-corrected chi connectivity index (χ3v) is 6.26. The van der Waals surface area contributed by atoms with Gasteiger partial charge in [-0.05, 0) is 49.9 Å². The van der Waals surface area contributed by atoms with E-state index in [0.29, 0.717) is 29.6 Å². The van der Waals surface area contributed by atoms with Gasteiger partial charge in [-0.3, -0.25) is 0 Å². The van der Waals surface area contributed by atoms with Crippen molar-refractivity contribution in [1.82, 2.24) is 4.57 Å². The largest absolute Gasteiger partial charge is 0.344 e. The molecule has 6 heteroatoms. The maximum Gasteiger partial charge on any atom is 0.238 e. The molecule has 27 heavy (non-hydrogen) atoms. The van der Waals surface area contributed by atoms with Gasteiger partial charge in [0.25, 0.3) is 0 Å². The highest BCUT2D eigenvalue weighted by atomic mass is 32.2. The molecule has 3 rings (SSSR count). The number of fused-ring (bicyclic) bond motifs is 1. The molecule has 0 aliphatic rings. The Morgan fingerprint density at radius 3 is 2.48 bits per heavy atom. The molecule has 0 aliphatic carbocycles. The van der Waals surface area contributed by atoms with Crippen LogP contribution in [0.5, 0.6) is 0 Å². The lowest BCUT2D eigenvalue weighted by Crippen LogP contribution is -2.19. The second-order valence-electron chi connectivity index (χ2n) is 7.25. The number of aromatic nitrogens is 1. The Kier molecular flexibility index (Phi) is 5.14. The molecule has 0 aliphatic heterocycles. The fraction of sp³-hybridized carbons (Fsp3) is 0.333. The summed E-state index contributed by atoms with van der Waals surface area (Å²) in [7, 11) is -3.86. The van der Waals surface area contributed by atoms with Crippen molar-refractivity contribution in [2.24, 2.45) is 5.14 Å². The fourth-order valence-electron chi connectivity index (χ4n) is 4.00. The van der Waals surface area contributed by atoms with E-state index in [4.69, 9.17) is 5.14 Å². The molecule has 1 heterocycles. The van der Waals surface area contributed by atoms with E-state index in [1.54, 1.807) is 13.0 Å². The number of hydrogen-bond acceptors (Lipinski definition) is 2. The molecule has 1 aromatic heterocycles. The van der Waals surface area contributed by atoms with E-state index in [1.165, 1.54) is 6.07 Å². The Morgan fingerprint density at radius 1 is 1.15 bits per heavy atom. The lowest BCUT2D eigenvalue weighted by atomic mass is 9.93. The van der Waals surface area contributed by atoms with Crippen LogP contribution in [0.1, 0.15) is 41.5 Å². The first kappa shape index (κ1) is 19.6. The van der Waals surface area contributed by atoms with Crippen LogP contribution in [0, 0.1) is 26.6 Å². The molecule has 0 saturated heterocycles. The molecule has 0 saturated carbocycles. The van der Waals surface area contributed by atoms with Gasteiger partial charge in [0.1, 0.15) is 5.82 Å². The van der Waals surface area contributed by atoms with Crippen molar-refractivity contribution in [3.63, 3.8) is 0 Å². The minimum Gasteiger partial charge on any atom is -0.344 e. The SMILES string of the molecule is CC[C@H](Cn1cc(C)c2cccc(F)c21)c1cc(C)cc(C)c1S(N)(=O)=O. The van der Waals surface area contributed by atoms with Crippen LogP contribution >= 0.6 is 0 Å². The number of nitrogens with zero attached hydrogens (tertiary/aromatic N) is 1. The molecular weight excluding hydrogens is 363 g/mol. The highest BCUT2D eigenvalue weighted by Crippen LogP contribution is 2.33. The van der Waals surface area contributed by atoms with E-state index in [-0.39, 0.29) is 16.6 Å². The Morgan fingerprint density at radius 2 is 1.85 bits per heavy atom. The van der Waals surface area contributed by atoms with E-state index >= 15 is 0 Å². The summed E-state index contributed by atoms with van der Waals surface area (Å²) in [5.74, 6) is -0.380. The van der Waals surface area contributed by atoms with Gasteiger partial charge in [-0.15, -0.1) is 0 Å². The molecule has 0 bridgehead atoms. The highest BCUT2D eigenvalue weighted by molar-refractivity contribution is 7.89. The summed E-state index contributed by atoms with van der Waals surface area (Å²) < 4.78 is 40.8. The van der Waals surface area contributed by atoms with Crippen LogP contribution in [0.25, 0.3) is 10.9 Å². The number of halogens is 1. The number of hydrogen-bond donors (Lipinski definition) is 1. The first-order valence-electron chi connectivity index (χ1n) is 9.01. The third-order valence-electron chi connectivity index (χ3n) is 5.13. The zero-order chi connectivity index (χ0) is 19.9. The molecular formula is C21H25FN2O2S. The summed E-state index contributed by atoms with van der Waals surface area (Å²) in [6.07, 6.45) is 2.63. The van der Waals surface area contributed by atoms with Crippen molar-refractivity contribution in [1.29, 1.82) is 0 Å². The molecule has 144 valence electrons. The molecule has 0 fully saturated rings. The maximum atomic E-state index is 14.5. The number of rotatable bonds is 5. The Bertz CT molecular complexity index is 1120. The third kappa shape index (κ3) is 3.64. The average molecular weight is 389 g/mol. The van der Waals surface area contributed by atoms with Gasteiger partial charge in [0.05, 0.1) is 10.4 Å². The number of aryl methyl sites for hydroxylation is 3. The Balaban J connectivity index is 2.16. The molecule has 2 aromatic carbocycles. The van der Waals surface area contributed by atoms with Crippen molar-refractivity contribution in [3.05, 3.63) is 64.6 Å². The van der Waals surface area contributed by atoms with Crippen LogP contribution < -0.4 is 5.14 Å². The first-order valence-corrected chi connectivity index (χ1v) is 10.6. The lowest BCUT2D eigenvalue weighted by molar-refractivity contribution is 0.535. The zero-order valence-electron chi connectivity index (χ0n) is 16.1. The summed E-state index contributed by atoms with van der Waals surface area (Å²) in [6.45, 7) is 8.13. The smallest absolute Gasteiger partial charge is 0.238 e. The van der Waals surface area contributed by atoms with Gasteiger partial charge in [0.15, 0.2) is 0 Å². The molecule has 4 nitrogen and oxygen atoms in total. The normalized spacial score (nSPS) is 13.3. The Hall–Kier alpha value is -2.18. The summed E-state index contributed by atoms with van der Waals surface area (Å²) in [5.41, 5.74) is 3.87. The van der Waals surface area contributed by atoms with Crippen molar-refractivity contribution >= 4 is 20.9 Å². The van der Waals surface area contributed by atoms with Crippen LogP contribution in [0.15, 0.2) is 41.4 Å². The van der Waals surface area contributed by atoms with Gasteiger partial charge in [-0.1, -0.05) is 36.8 Å². The predicted molar refractivity (Wildman–Crippen MR) is 107 cm³/mol. The van der Waals surface area contributed by atoms with Gasteiger partial charge in [-0.2, -0.15) is 0 Å². The quantitative estimate of drug-likeness (QED) is 0.697. The van der Waals surface area contributed by atoms with E-state index in [9.17, 15) is 12.8 Å². The van der Waals surface area contributed by atoms with Crippen molar-refractivity contribution in [2.45, 2.75) is 51.5 Å². The van der Waals surface area contributed by atoms with Crippen molar-refractivity contribution in [2.75, 3.05) is 0 Å². The number of sulfonamides is 1. The van der Waals surface area contributed by atoms with Crippen LogP contribution in [-0.4, -0.2) is 13.0 Å². The number of primary sulfonamides is 1. The second-order valence-corrected chi connectivity index (χ2v) is 8.75. The van der Waals surface area contributed by atoms with Gasteiger partial charge in [0, 0.05) is 24.0 Å². The number of benzene rings is 2. The van der Waals surface area contributed by atoms with Crippen LogP contribution in [0.4, 0.5) is 4.39 Å². The van der Waals surface area contributed by atoms with E-state index in [2.05, 4.69) is 0 Å². The zero-order valence-corrected chi connectivity index (χ0v) is 16.9. The molecule has 0 spiro atoms. The van der Waals surface area contributed by atoms with Gasteiger partial charge in [0.2, 0.25) is 10.0 Å². The summed E-state index contributed by atoms with van der Waals surface area (Å²) >= 11 is 0. The highest BCUT2D eigenvalue weighted by Gasteiger charge is 2.24. The molecule has 2 N–H and O–H groups in total. The average Bonchev–Trinajstić information content (AvgIpc) is 2.87.